The highest BCUT2D eigenvalue weighted by atomic mass is 16.3. The summed E-state index contributed by atoms with van der Waals surface area (Å²) in [7, 11) is 0. The van der Waals surface area contributed by atoms with Crippen LogP contribution in [0.25, 0.3) is 0 Å². The van der Waals surface area contributed by atoms with Gasteiger partial charge in [0.1, 0.15) is 11.5 Å². The first-order valence-electron chi connectivity index (χ1n) is 6.81. The highest BCUT2D eigenvalue weighted by Gasteiger charge is 2.09. The van der Waals surface area contributed by atoms with Gasteiger partial charge in [-0.3, -0.25) is 9.59 Å². The number of phenolic OH excluding ortho intramolecular Hbond substituents is 2. The monoisotopic (exact) mass is 326 g/mol. The summed E-state index contributed by atoms with van der Waals surface area (Å²) in [6.45, 7) is 0. The predicted molar refractivity (Wildman–Crippen MR) is 88.1 cm³/mol. The van der Waals surface area contributed by atoms with Gasteiger partial charge in [-0.05, 0) is 24.3 Å². The minimum Gasteiger partial charge on any atom is -0.507 e. The van der Waals surface area contributed by atoms with Crippen molar-refractivity contribution in [1.82, 2.24) is 10.9 Å². The van der Waals surface area contributed by atoms with Crippen LogP contribution in [-0.2, 0) is 0 Å². The van der Waals surface area contributed by atoms with Crippen molar-refractivity contribution in [2.75, 3.05) is 0 Å². The van der Waals surface area contributed by atoms with E-state index < -0.39 is 11.8 Å². The molecule has 0 saturated heterocycles. The fourth-order valence-electron chi connectivity index (χ4n) is 1.71. The van der Waals surface area contributed by atoms with E-state index in [0.29, 0.717) is 0 Å². The van der Waals surface area contributed by atoms with E-state index >= 15 is 0 Å². The second-order valence-electron chi connectivity index (χ2n) is 4.47. The van der Waals surface area contributed by atoms with Crippen LogP contribution < -0.4 is 10.9 Å². The van der Waals surface area contributed by atoms with Crippen LogP contribution in [0.3, 0.4) is 0 Å². The van der Waals surface area contributed by atoms with Crippen molar-refractivity contribution in [3.8, 4) is 11.5 Å². The molecule has 2 amide bonds. The number of hydrogen-bond acceptors (Lipinski definition) is 6. The van der Waals surface area contributed by atoms with Gasteiger partial charge in [-0.15, -0.1) is 0 Å². The molecule has 0 aliphatic heterocycles. The van der Waals surface area contributed by atoms with E-state index in [2.05, 4.69) is 21.1 Å². The number of nitrogens with one attached hydrogen (secondary N) is 2. The summed E-state index contributed by atoms with van der Waals surface area (Å²) in [4.78, 5) is 23.4. The molecular weight excluding hydrogens is 312 g/mol. The van der Waals surface area contributed by atoms with Gasteiger partial charge in [-0.1, -0.05) is 24.3 Å². The van der Waals surface area contributed by atoms with Crippen LogP contribution in [0.2, 0.25) is 0 Å². The number of nitrogens with zero attached hydrogens (tertiary/aromatic N) is 2. The number of carbonyl (C=O) groups is 2. The zero-order valence-electron chi connectivity index (χ0n) is 12.4. The fraction of sp³-hybridized carbons (Fsp3) is 0. The van der Waals surface area contributed by atoms with Crippen LogP contribution in [0.15, 0.2) is 58.7 Å². The van der Waals surface area contributed by atoms with E-state index in [1.807, 2.05) is 0 Å². The van der Waals surface area contributed by atoms with Crippen molar-refractivity contribution < 1.29 is 19.8 Å². The Kier molecular flexibility index (Phi) is 5.62. The van der Waals surface area contributed by atoms with Gasteiger partial charge in [0.05, 0.1) is 23.6 Å². The number of para-hydroxylation sites is 2. The molecule has 0 saturated carbocycles. The van der Waals surface area contributed by atoms with Gasteiger partial charge in [-0.2, -0.15) is 10.2 Å². The van der Waals surface area contributed by atoms with Crippen LogP contribution in [0.1, 0.15) is 20.7 Å². The summed E-state index contributed by atoms with van der Waals surface area (Å²) in [5.74, 6) is -1.49. The summed E-state index contributed by atoms with van der Waals surface area (Å²) < 4.78 is 0. The molecule has 122 valence electrons. The standard InChI is InChI=1S/C16H14N4O4/c21-13-7-3-1-5-11(13)15(23)19-17-9-10-18-20-16(24)12-6-2-4-8-14(12)22/h1-10,21-22H,(H,19,23)(H,20,24)/b17-9-,18-10+. The van der Waals surface area contributed by atoms with E-state index in [1.54, 1.807) is 24.3 Å². The van der Waals surface area contributed by atoms with E-state index in [-0.39, 0.29) is 22.6 Å². The lowest BCUT2D eigenvalue weighted by molar-refractivity contribution is 0.0943. The quantitative estimate of drug-likeness (QED) is 0.487. The van der Waals surface area contributed by atoms with Crippen molar-refractivity contribution in [3.05, 3.63) is 59.7 Å². The smallest absolute Gasteiger partial charge is 0.275 e. The van der Waals surface area contributed by atoms with Gasteiger partial charge in [0, 0.05) is 0 Å². The first-order valence-corrected chi connectivity index (χ1v) is 6.81. The number of hydrazone groups is 2. The van der Waals surface area contributed by atoms with Crippen molar-refractivity contribution in [1.29, 1.82) is 0 Å². The zero-order chi connectivity index (χ0) is 17.4. The lowest BCUT2D eigenvalue weighted by Gasteiger charge is -2.01. The predicted octanol–water partition coefficient (Wildman–Crippen LogP) is 1.23. The Morgan fingerprint density at radius 3 is 1.50 bits per heavy atom. The third-order valence-corrected chi connectivity index (χ3v) is 2.85. The van der Waals surface area contributed by atoms with Crippen LogP contribution in [0.5, 0.6) is 11.5 Å². The molecule has 0 heterocycles. The largest absolute Gasteiger partial charge is 0.507 e. The first-order chi connectivity index (χ1) is 11.6. The lowest BCUT2D eigenvalue weighted by atomic mass is 10.2. The Hall–Kier alpha value is -3.68. The van der Waals surface area contributed by atoms with Crippen molar-refractivity contribution in [3.63, 3.8) is 0 Å². The SMILES string of the molecule is O=C(N/N=C\C=N\NC(=O)c1ccccc1O)c1ccccc1O. The van der Waals surface area contributed by atoms with E-state index in [0.717, 1.165) is 12.4 Å². The van der Waals surface area contributed by atoms with E-state index in [4.69, 9.17) is 0 Å². The number of hydrogen-bond donors (Lipinski definition) is 4. The highest BCUT2D eigenvalue weighted by Crippen LogP contribution is 2.15. The van der Waals surface area contributed by atoms with E-state index in [9.17, 15) is 19.8 Å². The number of rotatable bonds is 5. The molecule has 0 fully saturated rings. The average molecular weight is 326 g/mol. The number of carbonyl (C=O) groups excluding carboxylic acids is 2. The minimum absolute atomic E-state index is 0.0828. The van der Waals surface area contributed by atoms with Crippen LogP contribution in [0.4, 0.5) is 0 Å². The number of amides is 2. The highest BCUT2D eigenvalue weighted by molar-refractivity contribution is 6.16. The fourth-order valence-corrected chi connectivity index (χ4v) is 1.71. The molecule has 0 radical (unpaired) electrons. The Labute approximate surface area is 137 Å². The molecule has 0 spiro atoms. The summed E-state index contributed by atoms with van der Waals surface area (Å²) in [5, 5.41) is 26.2. The summed E-state index contributed by atoms with van der Waals surface area (Å²) in [6.07, 6.45) is 2.28. The molecule has 0 aliphatic rings. The molecule has 2 rings (SSSR count). The topological polar surface area (TPSA) is 123 Å². The molecule has 0 bridgehead atoms. The molecular formula is C16H14N4O4. The second-order valence-corrected chi connectivity index (χ2v) is 4.47. The molecule has 0 aliphatic carbocycles. The lowest BCUT2D eigenvalue weighted by Crippen LogP contribution is -2.19. The van der Waals surface area contributed by atoms with E-state index in [1.165, 1.54) is 24.3 Å². The number of aromatic hydroxyl groups is 2. The van der Waals surface area contributed by atoms with Gasteiger partial charge in [-0.25, -0.2) is 10.9 Å². The molecule has 0 atom stereocenters. The number of phenols is 2. The molecule has 2 aromatic rings. The van der Waals surface area contributed by atoms with Gasteiger partial charge >= 0.3 is 0 Å². The normalized spacial score (nSPS) is 10.8. The van der Waals surface area contributed by atoms with Gasteiger partial charge < -0.3 is 10.2 Å². The molecule has 2 aromatic carbocycles. The molecule has 8 heteroatoms. The third kappa shape index (κ3) is 4.41. The van der Waals surface area contributed by atoms with Crippen LogP contribution >= 0.6 is 0 Å². The van der Waals surface area contributed by atoms with Crippen molar-refractivity contribution in [2.24, 2.45) is 10.2 Å². The molecule has 4 N–H and O–H groups in total. The Morgan fingerprint density at radius 2 is 1.12 bits per heavy atom. The van der Waals surface area contributed by atoms with Crippen LogP contribution in [0, 0.1) is 0 Å². The first kappa shape index (κ1) is 16.7. The third-order valence-electron chi connectivity index (χ3n) is 2.85. The van der Waals surface area contributed by atoms with Gasteiger partial charge in [0.2, 0.25) is 0 Å². The van der Waals surface area contributed by atoms with Crippen molar-refractivity contribution in [2.45, 2.75) is 0 Å². The summed E-state index contributed by atoms with van der Waals surface area (Å²) >= 11 is 0. The van der Waals surface area contributed by atoms with Crippen molar-refractivity contribution >= 4 is 24.2 Å². The Balaban J connectivity index is 1.83. The number of benzene rings is 2. The Bertz CT molecular complexity index is 735. The maximum absolute atomic E-state index is 11.7. The maximum Gasteiger partial charge on any atom is 0.275 e. The van der Waals surface area contributed by atoms with Gasteiger partial charge in [0.25, 0.3) is 11.8 Å². The molecule has 24 heavy (non-hydrogen) atoms. The van der Waals surface area contributed by atoms with Gasteiger partial charge in [0.15, 0.2) is 0 Å². The zero-order valence-corrected chi connectivity index (χ0v) is 12.4. The average Bonchev–Trinajstić information content (AvgIpc) is 2.58. The van der Waals surface area contributed by atoms with Crippen LogP contribution in [-0.4, -0.2) is 34.5 Å². The Morgan fingerprint density at radius 1 is 0.750 bits per heavy atom. The minimum atomic E-state index is -0.587. The summed E-state index contributed by atoms with van der Waals surface area (Å²) in [6, 6.07) is 12.1. The molecule has 0 unspecified atom stereocenters. The second kappa shape index (κ2) is 8.08. The molecule has 0 aromatic heterocycles. The molecule has 8 nitrogen and oxygen atoms in total. The maximum atomic E-state index is 11.7. The summed E-state index contributed by atoms with van der Waals surface area (Å²) in [5.41, 5.74) is 4.56.